The number of aliphatic hydroxyl groups excluding tert-OH is 1. The van der Waals surface area contributed by atoms with Gasteiger partial charge in [0.05, 0.1) is 26.4 Å². The number of hydrogen-bond donors (Lipinski definition) is 3. The summed E-state index contributed by atoms with van der Waals surface area (Å²) in [4.78, 5) is 72.7. The summed E-state index contributed by atoms with van der Waals surface area (Å²) in [7, 11) is -9.91. The molecule has 0 saturated heterocycles. The fourth-order valence-electron chi connectivity index (χ4n) is 11.5. The number of carbonyl (C=O) groups is 4. The highest BCUT2D eigenvalue weighted by Crippen LogP contribution is 2.45. The molecule has 0 aromatic carbocycles. The van der Waals surface area contributed by atoms with Crippen molar-refractivity contribution in [1.29, 1.82) is 0 Å². The molecule has 19 heteroatoms. The molecule has 0 bridgehead atoms. The van der Waals surface area contributed by atoms with Crippen LogP contribution >= 0.6 is 15.6 Å². The normalized spacial score (nSPS) is 14.0. The predicted molar refractivity (Wildman–Crippen MR) is 382 cm³/mol. The van der Waals surface area contributed by atoms with Crippen LogP contribution in [0.2, 0.25) is 0 Å². The molecular formula is C75H146O17P2. The van der Waals surface area contributed by atoms with Gasteiger partial charge in [0.25, 0.3) is 0 Å². The van der Waals surface area contributed by atoms with Crippen LogP contribution in [0.3, 0.4) is 0 Å². The van der Waals surface area contributed by atoms with E-state index in [4.69, 9.17) is 37.0 Å². The van der Waals surface area contributed by atoms with Gasteiger partial charge in [0, 0.05) is 25.7 Å². The van der Waals surface area contributed by atoms with E-state index in [0.717, 1.165) is 95.8 Å². The number of aliphatic hydroxyl groups is 1. The maximum Gasteiger partial charge on any atom is 0.472 e. The van der Waals surface area contributed by atoms with E-state index in [1.807, 2.05) is 0 Å². The highest BCUT2D eigenvalue weighted by Gasteiger charge is 2.30. The molecule has 0 saturated carbocycles. The number of hydrogen-bond acceptors (Lipinski definition) is 15. The average molecular weight is 1380 g/mol. The van der Waals surface area contributed by atoms with Crippen molar-refractivity contribution in [2.75, 3.05) is 39.6 Å². The van der Waals surface area contributed by atoms with Gasteiger partial charge < -0.3 is 33.8 Å². The first-order chi connectivity index (χ1) is 45.5. The van der Waals surface area contributed by atoms with Crippen molar-refractivity contribution in [3.05, 3.63) is 0 Å². The lowest BCUT2D eigenvalue weighted by molar-refractivity contribution is -0.161. The van der Waals surface area contributed by atoms with E-state index >= 15 is 0 Å². The minimum atomic E-state index is -4.96. The van der Waals surface area contributed by atoms with Crippen molar-refractivity contribution >= 4 is 39.5 Å². The van der Waals surface area contributed by atoms with Crippen LogP contribution in [0.1, 0.15) is 394 Å². The van der Waals surface area contributed by atoms with E-state index in [1.54, 1.807) is 0 Å². The highest BCUT2D eigenvalue weighted by atomic mass is 31.2. The Kier molecular flexibility index (Phi) is 66.8. The first kappa shape index (κ1) is 92.1. The number of phosphoric acid groups is 2. The molecule has 0 heterocycles. The lowest BCUT2D eigenvalue weighted by atomic mass is 10.0. The summed E-state index contributed by atoms with van der Waals surface area (Å²) in [6, 6.07) is 0. The molecule has 0 aromatic rings. The fourth-order valence-corrected chi connectivity index (χ4v) is 13.1. The van der Waals surface area contributed by atoms with Crippen molar-refractivity contribution in [1.82, 2.24) is 0 Å². The predicted octanol–water partition coefficient (Wildman–Crippen LogP) is 22.1. The van der Waals surface area contributed by atoms with Gasteiger partial charge in [0.15, 0.2) is 12.2 Å². The fraction of sp³-hybridized carbons (Fsp3) is 0.947. The van der Waals surface area contributed by atoms with Crippen LogP contribution in [0.25, 0.3) is 0 Å². The summed E-state index contributed by atoms with van der Waals surface area (Å²) in [5.74, 6) is -1.40. The molecule has 5 atom stereocenters. The third kappa shape index (κ3) is 68.6. The number of rotatable bonds is 75. The Morgan fingerprint density at radius 2 is 0.489 bits per heavy atom. The van der Waals surface area contributed by atoms with E-state index < -0.39 is 97.5 Å². The van der Waals surface area contributed by atoms with Crippen LogP contribution in [-0.4, -0.2) is 96.7 Å². The molecule has 558 valence electrons. The highest BCUT2D eigenvalue weighted by molar-refractivity contribution is 7.47. The summed E-state index contributed by atoms with van der Waals surface area (Å²) >= 11 is 0. The van der Waals surface area contributed by atoms with Gasteiger partial charge in [0.2, 0.25) is 0 Å². The number of phosphoric ester groups is 2. The van der Waals surface area contributed by atoms with Crippen LogP contribution in [0.5, 0.6) is 0 Å². The van der Waals surface area contributed by atoms with Gasteiger partial charge in [-0.3, -0.25) is 37.3 Å². The molecule has 0 spiro atoms. The molecule has 0 aliphatic carbocycles. The van der Waals surface area contributed by atoms with E-state index in [9.17, 15) is 43.2 Å². The molecule has 0 radical (unpaired) electrons. The van der Waals surface area contributed by atoms with Gasteiger partial charge >= 0.3 is 39.5 Å². The Bertz CT molecular complexity index is 1810. The quantitative estimate of drug-likeness (QED) is 0.0222. The second-order valence-electron chi connectivity index (χ2n) is 27.5. The van der Waals surface area contributed by atoms with E-state index in [0.29, 0.717) is 25.7 Å². The van der Waals surface area contributed by atoms with Gasteiger partial charge in [-0.15, -0.1) is 0 Å². The molecule has 0 aliphatic rings. The summed E-state index contributed by atoms with van der Waals surface area (Å²) in [5, 5.41) is 10.6. The van der Waals surface area contributed by atoms with Gasteiger partial charge in [-0.25, -0.2) is 9.13 Å². The first-order valence-corrected chi connectivity index (χ1v) is 42.1. The maximum atomic E-state index is 13.1. The van der Waals surface area contributed by atoms with Gasteiger partial charge in [0.1, 0.15) is 19.3 Å². The number of carbonyl (C=O) groups excluding carboxylic acids is 4. The zero-order valence-electron chi connectivity index (χ0n) is 61.1. The molecule has 0 fully saturated rings. The molecule has 0 amide bonds. The Morgan fingerprint density at radius 3 is 0.723 bits per heavy atom. The van der Waals surface area contributed by atoms with E-state index in [2.05, 4.69) is 34.6 Å². The summed E-state index contributed by atoms with van der Waals surface area (Å²) in [6.07, 6.45) is 56.9. The van der Waals surface area contributed by atoms with Gasteiger partial charge in [-0.05, 0) is 31.6 Å². The molecule has 0 aromatic heterocycles. The largest absolute Gasteiger partial charge is 0.472 e. The maximum absolute atomic E-state index is 13.1. The molecule has 94 heavy (non-hydrogen) atoms. The van der Waals surface area contributed by atoms with Crippen LogP contribution in [-0.2, 0) is 65.4 Å². The minimum Gasteiger partial charge on any atom is -0.462 e. The monoisotopic (exact) mass is 1380 g/mol. The number of unbranched alkanes of at least 4 members (excludes halogenated alkanes) is 47. The van der Waals surface area contributed by atoms with Crippen molar-refractivity contribution in [3.8, 4) is 0 Å². The van der Waals surface area contributed by atoms with Crippen molar-refractivity contribution < 1.29 is 80.2 Å². The van der Waals surface area contributed by atoms with Crippen molar-refractivity contribution in [2.24, 2.45) is 5.92 Å². The Hall–Kier alpha value is -1.94. The molecule has 2 unspecified atom stereocenters. The molecule has 0 aliphatic heterocycles. The second kappa shape index (κ2) is 68.2. The Labute approximate surface area is 575 Å². The van der Waals surface area contributed by atoms with Gasteiger partial charge in [-0.1, -0.05) is 343 Å². The molecule has 3 N–H and O–H groups in total. The Balaban J connectivity index is 5.22. The lowest BCUT2D eigenvalue weighted by Crippen LogP contribution is -2.30. The number of ether oxygens (including phenoxy) is 4. The zero-order chi connectivity index (χ0) is 69.1. The van der Waals surface area contributed by atoms with Crippen molar-refractivity contribution in [3.63, 3.8) is 0 Å². The SMILES string of the molecule is CCCCCCCCCCCCCCCCCCCCCC(=O)O[C@H](COC(=O)CCCCCCCCCCCCCCC)COP(=O)(O)OC[C@@H](O)COP(=O)(O)OC[C@@H](COC(=O)CCCCCCCCCCCCC)OC(=O)CCCCCCCCCCC(C)C. The summed E-state index contributed by atoms with van der Waals surface area (Å²) in [6.45, 7) is 7.24. The van der Waals surface area contributed by atoms with E-state index in [1.165, 1.54) is 218 Å². The van der Waals surface area contributed by atoms with Crippen LogP contribution in [0, 0.1) is 5.92 Å². The standard InChI is InChI=1S/C75H146O17P2/c1-6-9-12-15-18-21-24-26-27-28-29-30-31-33-36-39-45-50-55-60-74(79)91-70(64-86-73(78)59-54-49-44-38-35-32-25-22-19-16-13-10-7-2)66-89-93(81,82)87-62-69(76)63-88-94(83,84)90-67-71(92-75(80)61-56-51-46-41-40-42-47-52-57-68(4)5)65-85-72(77)58-53-48-43-37-34-23-20-17-14-11-8-3/h68-71,76H,6-67H2,1-5H3,(H,81,82)(H,83,84)/t69-,70-,71-/m1/s1. The van der Waals surface area contributed by atoms with Crippen LogP contribution in [0.15, 0.2) is 0 Å². The third-order valence-electron chi connectivity index (χ3n) is 17.5. The summed E-state index contributed by atoms with van der Waals surface area (Å²) < 4.78 is 68.5. The van der Waals surface area contributed by atoms with Crippen LogP contribution < -0.4 is 0 Å². The minimum absolute atomic E-state index is 0.105. The topological polar surface area (TPSA) is 237 Å². The van der Waals surface area contributed by atoms with Crippen molar-refractivity contribution in [2.45, 2.75) is 412 Å². The second-order valence-corrected chi connectivity index (χ2v) is 30.4. The molecule has 0 rings (SSSR count). The molecule has 17 nitrogen and oxygen atoms in total. The zero-order valence-corrected chi connectivity index (χ0v) is 62.9. The molecular weight excluding hydrogens is 1230 g/mol. The van der Waals surface area contributed by atoms with Gasteiger partial charge in [-0.2, -0.15) is 0 Å². The lowest BCUT2D eigenvalue weighted by Gasteiger charge is -2.21. The first-order valence-electron chi connectivity index (χ1n) is 39.1. The van der Waals surface area contributed by atoms with E-state index in [-0.39, 0.29) is 25.7 Å². The Morgan fingerprint density at radius 1 is 0.287 bits per heavy atom. The average Bonchev–Trinajstić information content (AvgIpc) is 1.32. The smallest absolute Gasteiger partial charge is 0.462 e. The number of esters is 4. The van der Waals surface area contributed by atoms with Crippen LogP contribution in [0.4, 0.5) is 0 Å². The summed E-state index contributed by atoms with van der Waals surface area (Å²) in [5.41, 5.74) is 0. The third-order valence-corrected chi connectivity index (χ3v) is 19.4.